The molecule has 0 saturated carbocycles. The number of carbonyl (C=O) groups excluding carboxylic acids is 2. The molecule has 2 amide bonds. The van der Waals surface area contributed by atoms with Gasteiger partial charge < -0.3 is 9.73 Å². The van der Waals surface area contributed by atoms with Crippen LogP contribution in [-0.4, -0.2) is 17.5 Å². The van der Waals surface area contributed by atoms with Gasteiger partial charge in [-0.05, 0) is 55.0 Å². The minimum atomic E-state index is -0.324. The van der Waals surface area contributed by atoms with Crippen molar-refractivity contribution >= 4 is 46.8 Å². The van der Waals surface area contributed by atoms with Crippen molar-refractivity contribution in [2.45, 2.75) is 13.5 Å². The fourth-order valence-electron chi connectivity index (χ4n) is 3.08. The number of rotatable bonds is 5. The average Bonchev–Trinajstić information content (AvgIpc) is 3.35. The average molecular weight is 454 g/mol. The molecule has 6 nitrogen and oxygen atoms in total. The van der Waals surface area contributed by atoms with E-state index in [1.165, 1.54) is 0 Å². The van der Waals surface area contributed by atoms with Crippen LogP contribution in [0.2, 0.25) is 10.0 Å². The second-order valence-electron chi connectivity index (χ2n) is 6.87. The lowest BCUT2D eigenvalue weighted by molar-refractivity contribution is -0.116. The molecule has 8 heteroatoms. The summed E-state index contributed by atoms with van der Waals surface area (Å²) in [5, 5.41) is 7.62. The van der Waals surface area contributed by atoms with Gasteiger partial charge in [-0.25, -0.2) is 5.43 Å². The molecular weight excluding hydrogens is 437 g/mol. The van der Waals surface area contributed by atoms with Crippen molar-refractivity contribution in [1.82, 2.24) is 10.7 Å². The van der Waals surface area contributed by atoms with E-state index >= 15 is 0 Å². The first-order valence-corrected chi connectivity index (χ1v) is 10.2. The van der Waals surface area contributed by atoms with Crippen LogP contribution < -0.4 is 10.7 Å². The highest BCUT2D eigenvalue weighted by atomic mass is 35.5. The number of nitrogens with one attached hydrogen (secondary N) is 2. The third-order valence-electron chi connectivity index (χ3n) is 4.77. The Balaban J connectivity index is 1.54. The molecule has 156 valence electrons. The van der Waals surface area contributed by atoms with Crippen LogP contribution in [0.25, 0.3) is 17.4 Å². The molecule has 0 radical (unpaired) electrons. The van der Waals surface area contributed by atoms with Gasteiger partial charge in [0.1, 0.15) is 11.5 Å². The SMILES string of the molecule is CC1=NNC(=O)C1=Cc1ccc(-c2ccc(Cl)c(C(=O)NCc3ccccc3Cl)c2)o1. The van der Waals surface area contributed by atoms with E-state index in [2.05, 4.69) is 15.8 Å². The highest BCUT2D eigenvalue weighted by Crippen LogP contribution is 2.28. The highest BCUT2D eigenvalue weighted by molar-refractivity contribution is 6.34. The van der Waals surface area contributed by atoms with E-state index in [-0.39, 0.29) is 18.4 Å². The molecule has 0 bridgehead atoms. The van der Waals surface area contributed by atoms with Crippen LogP contribution >= 0.6 is 23.2 Å². The Bertz CT molecular complexity index is 1240. The molecule has 0 aliphatic carbocycles. The number of amides is 2. The quantitative estimate of drug-likeness (QED) is 0.528. The Morgan fingerprint density at radius 3 is 2.68 bits per heavy atom. The van der Waals surface area contributed by atoms with E-state index in [0.717, 1.165) is 5.56 Å². The number of halogens is 2. The van der Waals surface area contributed by atoms with Gasteiger partial charge in [-0.3, -0.25) is 9.59 Å². The smallest absolute Gasteiger partial charge is 0.273 e. The molecule has 0 saturated heterocycles. The molecule has 2 heterocycles. The minimum absolute atomic E-state index is 0.278. The Morgan fingerprint density at radius 2 is 1.94 bits per heavy atom. The van der Waals surface area contributed by atoms with Gasteiger partial charge in [0.05, 0.1) is 21.9 Å². The van der Waals surface area contributed by atoms with E-state index in [9.17, 15) is 9.59 Å². The molecule has 1 aliphatic rings. The number of hydrazone groups is 1. The molecule has 0 unspecified atom stereocenters. The van der Waals surface area contributed by atoms with Crippen molar-refractivity contribution in [2.24, 2.45) is 5.10 Å². The summed E-state index contributed by atoms with van der Waals surface area (Å²) in [6.45, 7) is 2.01. The lowest BCUT2D eigenvalue weighted by Gasteiger charge is -2.09. The Kier molecular flexibility index (Phi) is 5.93. The van der Waals surface area contributed by atoms with Crippen LogP contribution in [0, 0.1) is 0 Å². The van der Waals surface area contributed by atoms with Gasteiger partial charge in [0.15, 0.2) is 0 Å². The predicted octanol–water partition coefficient (Wildman–Crippen LogP) is 5.07. The lowest BCUT2D eigenvalue weighted by Crippen LogP contribution is -2.23. The summed E-state index contributed by atoms with van der Waals surface area (Å²) in [4.78, 5) is 24.5. The Labute approximate surface area is 188 Å². The van der Waals surface area contributed by atoms with Crippen molar-refractivity contribution < 1.29 is 14.0 Å². The van der Waals surface area contributed by atoms with E-state index in [1.807, 2.05) is 18.2 Å². The maximum atomic E-state index is 12.7. The van der Waals surface area contributed by atoms with Crippen LogP contribution in [0.3, 0.4) is 0 Å². The number of nitrogens with zero attached hydrogens (tertiary/aromatic N) is 1. The first-order valence-electron chi connectivity index (χ1n) is 9.40. The third kappa shape index (κ3) is 4.55. The summed E-state index contributed by atoms with van der Waals surface area (Å²) in [5.41, 5.74) is 5.24. The molecule has 1 aliphatic heterocycles. The van der Waals surface area contributed by atoms with E-state index in [0.29, 0.717) is 44.0 Å². The monoisotopic (exact) mass is 453 g/mol. The third-order valence-corrected chi connectivity index (χ3v) is 5.46. The van der Waals surface area contributed by atoms with Crippen molar-refractivity contribution in [1.29, 1.82) is 0 Å². The van der Waals surface area contributed by atoms with Crippen LogP contribution in [0.1, 0.15) is 28.6 Å². The molecule has 0 atom stereocenters. The number of hydrogen-bond donors (Lipinski definition) is 2. The van der Waals surface area contributed by atoms with Gasteiger partial charge in [-0.15, -0.1) is 0 Å². The zero-order valence-electron chi connectivity index (χ0n) is 16.4. The lowest BCUT2D eigenvalue weighted by atomic mass is 10.1. The zero-order valence-corrected chi connectivity index (χ0v) is 17.9. The first-order chi connectivity index (χ1) is 14.9. The molecule has 3 aromatic rings. The number of hydrogen-bond acceptors (Lipinski definition) is 4. The van der Waals surface area contributed by atoms with Gasteiger partial charge in [0.25, 0.3) is 11.8 Å². The van der Waals surface area contributed by atoms with E-state index < -0.39 is 0 Å². The Hall–Kier alpha value is -3.35. The largest absolute Gasteiger partial charge is 0.457 e. The maximum Gasteiger partial charge on any atom is 0.273 e. The molecule has 2 N–H and O–H groups in total. The van der Waals surface area contributed by atoms with Crippen LogP contribution in [-0.2, 0) is 11.3 Å². The first kappa shape index (κ1) is 20.9. The minimum Gasteiger partial charge on any atom is -0.457 e. The van der Waals surface area contributed by atoms with Crippen LogP contribution in [0.15, 0.2) is 69.7 Å². The van der Waals surface area contributed by atoms with Crippen molar-refractivity contribution in [3.63, 3.8) is 0 Å². The molecule has 0 fully saturated rings. The number of carbonyl (C=O) groups is 2. The molecule has 31 heavy (non-hydrogen) atoms. The van der Waals surface area contributed by atoms with Crippen molar-refractivity contribution in [2.75, 3.05) is 0 Å². The summed E-state index contributed by atoms with van der Waals surface area (Å²) < 4.78 is 5.84. The molecule has 2 aromatic carbocycles. The van der Waals surface area contributed by atoms with Gasteiger partial charge in [0, 0.05) is 17.1 Å². The fraction of sp³-hybridized carbons (Fsp3) is 0.0870. The topological polar surface area (TPSA) is 83.7 Å². The highest BCUT2D eigenvalue weighted by Gasteiger charge is 2.19. The zero-order chi connectivity index (χ0) is 22.0. The summed E-state index contributed by atoms with van der Waals surface area (Å²) in [6, 6.07) is 15.9. The second kappa shape index (κ2) is 8.79. The summed E-state index contributed by atoms with van der Waals surface area (Å²) in [5.74, 6) is 0.433. The standard InChI is InChI=1S/C23H17Cl2N3O3/c1-13-17(23(30)28-27-13)11-16-7-9-21(31-16)14-6-8-20(25)18(10-14)22(29)26-12-15-4-2-3-5-19(15)24/h2-11H,12H2,1H3,(H,26,29)(H,28,30). The van der Waals surface area contributed by atoms with E-state index in [4.69, 9.17) is 27.6 Å². The molecule has 1 aromatic heterocycles. The van der Waals surface area contributed by atoms with Crippen molar-refractivity contribution in [3.8, 4) is 11.3 Å². The summed E-state index contributed by atoms with van der Waals surface area (Å²) >= 11 is 12.4. The van der Waals surface area contributed by atoms with E-state index in [1.54, 1.807) is 49.4 Å². The number of furan rings is 1. The van der Waals surface area contributed by atoms with Gasteiger partial charge in [-0.1, -0.05) is 41.4 Å². The van der Waals surface area contributed by atoms with Crippen LogP contribution in [0.5, 0.6) is 0 Å². The fourth-order valence-corrected chi connectivity index (χ4v) is 3.49. The van der Waals surface area contributed by atoms with Gasteiger partial charge in [0.2, 0.25) is 0 Å². The molecular formula is C23H17Cl2N3O3. The van der Waals surface area contributed by atoms with Crippen molar-refractivity contribution in [3.05, 3.63) is 87.1 Å². The second-order valence-corrected chi connectivity index (χ2v) is 7.68. The van der Waals surface area contributed by atoms with Gasteiger partial charge in [-0.2, -0.15) is 5.10 Å². The van der Waals surface area contributed by atoms with Crippen LogP contribution in [0.4, 0.5) is 0 Å². The normalized spacial score (nSPS) is 14.5. The maximum absolute atomic E-state index is 12.7. The Morgan fingerprint density at radius 1 is 1.13 bits per heavy atom. The molecule has 4 rings (SSSR count). The molecule has 0 spiro atoms. The predicted molar refractivity (Wildman–Crippen MR) is 121 cm³/mol. The number of benzene rings is 2. The summed E-state index contributed by atoms with van der Waals surface area (Å²) in [7, 11) is 0. The van der Waals surface area contributed by atoms with Gasteiger partial charge >= 0.3 is 0 Å². The summed E-state index contributed by atoms with van der Waals surface area (Å²) in [6.07, 6.45) is 1.62.